The first-order chi connectivity index (χ1) is 10.6. The van der Waals surface area contributed by atoms with Gasteiger partial charge in [0.25, 0.3) is 5.91 Å². The average molecular weight is 362 g/mol. The van der Waals surface area contributed by atoms with E-state index in [1.165, 1.54) is 0 Å². The maximum absolute atomic E-state index is 12.2. The Morgan fingerprint density at radius 3 is 2.77 bits per heavy atom. The second-order valence-electron chi connectivity index (χ2n) is 5.14. The van der Waals surface area contributed by atoms with E-state index in [4.69, 9.17) is 0 Å². The van der Waals surface area contributed by atoms with Crippen molar-refractivity contribution in [2.24, 2.45) is 0 Å². The Kier molecular flexibility index (Phi) is 5.95. The first-order valence-electron chi connectivity index (χ1n) is 7.34. The molecule has 0 saturated heterocycles. The summed E-state index contributed by atoms with van der Waals surface area (Å²) in [5.41, 5.74) is 1.30. The number of carbonyl (C=O) groups excluding carboxylic acids is 1. The maximum Gasteiger partial charge on any atom is 0.257 e. The predicted octanol–water partition coefficient (Wildman–Crippen LogP) is 4.33. The fourth-order valence-electron chi connectivity index (χ4n) is 2.03. The molecule has 4 nitrogen and oxygen atoms in total. The molecule has 0 radical (unpaired) electrons. The zero-order chi connectivity index (χ0) is 15.9. The highest BCUT2D eigenvalue weighted by atomic mass is 79.9. The number of halogens is 1. The number of hydrogen-bond donors (Lipinski definition) is 1. The van der Waals surface area contributed by atoms with Crippen LogP contribution in [0.3, 0.4) is 0 Å². The van der Waals surface area contributed by atoms with E-state index >= 15 is 0 Å². The highest BCUT2D eigenvalue weighted by molar-refractivity contribution is 9.10. The van der Waals surface area contributed by atoms with Crippen LogP contribution in [0.1, 0.15) is 30.1 Å². The summed E-state index contributed by atoms with van der Waals surface area (Å²) in [6.45, 7) is 3.13. The zero-order valence-electron chi connectivity index (χ0n) is 12.8. The smallest absolute Gasteiger partial charge is 0.257 e. The molecule has 0 saturated carbocycles. The van der Waals surface area contributed by atoms with Crippen molar-refractivity contribution in [3.8, 4) is 0 Å². The first kappa shape index (κ1) is 16.5. The highest BCUT2D eigenvalue weighted by Gasteiger charge is 2.08. The van der Waals surface area contributed by atoms with Gasteiger partial charge in [-0.3, -0.25) is 4.79 Å². The van der Waals surface area contributed by atoms with E-state index < -0.39 is 0 Å². The van der Waals surface area contributed by atoms with Crippen molar-refractivity contribution >= 4 is 33.3 Å². The van der Waals surface area contributed by atoms with Gasteiger partial charge in [-0.1, -0.05) is 35.3 Å². The summed E-state index contributed by atoms with van der Waals surface area (Å²) in [6, 6.07) is 11.2. The molecule has 0 aliphatic heterocycles. The van der Waals surface area contributed by atoms with Crippen molar-refractivity contribution in [1.82, 2.24) is 4.98 Å². The Morgan fingerprint density at radius 2 is 2.14 bits per heavy atom. The van der Waals surface area contributed by atoms with Gasteiger partial charge in [-0.05, 0) is 36.8 Å². The largest absolute Gasteiger partial charge is 0.360 e. The lowest BCUT2D eigenvalue weighted by Crippen LogP contribution is -2.20. The van der Waals surface area contributed by atoms with Gasteiger partial charge in [0, 0.05) is 29.9 Å². The third-order valence-corrected chi connectivity index (χ3v) is 3.82. The number of carbonyl (C=O) groups is 1. The molecule has 0 unspecified atom stereocenters. The predicted molar refractivity (Wildman–Crippen MR) is 94.5 cm³/mol. The minimum Gasteiger partial charge on any atom is -0.360 e. The molecule has 0 bridgehead atoms. The van der Waals surface area contributed by atoms with E-state index in [0.29, 0.717) is 5.56 Å². The third kappa shape index (κ3) is 4.56. The SMILES string of the molecule is CCCCN(C)c1ccc(C(=O)Nc2cccc(Br)c2)cn1. The fraction of sp³-hybridized carbons (Fsp3) is 0.294. The molecular formula is C17H20BrN3O. The second kappa shape index (κ2) is 7.94. The van der Waals surface area contributed by atoms with Gasteiger partial charge in [0.2, 0.25) is 0 Å². The van der Waals surface area contributed by atoms with Gasteiger partial charge in [0.05, 0.1) is 5.56 Å². The Balaban J connectivity index is 2.02. The molecule has 0 fully saturated rings. The van der Waals surface area contributed by atoms with Gasteiger partial charge in [-0.2, -0.15) is 0 Å². The van der Waals surface area contributed by atoms with Crippen LogP contribution in [0.4, 0.5) is 11.5 Å². The molecule has 0 atom stereocenters. The lowest BCUT2D eigenvalue weighted by molar-refractivity contribution is 0.102. The van der Waals surface area contributed by atoms with E-state index in [1.54, 1.807) is 12.3 Å². The van der Waals surface area contributed by atoms with E-state index in [2.05, 4.69) is 38.1 Å². The fourth-order valence-corrected chi connectivity index (χ4v) is 2.42. The quantitative estimate of drug-likeness (QED) is 0.832. The molecular weight excluding hydrogens is 342 g/mol. The number of rotatable bonds is 6. The zero-order valence-corrected chi connectivity index (χ0v) is 14.4. The number of hydrogen-bond acceptors (Lipinski definition) is 3. The summed E-state index contributed by atoms with van der Waals surface area (Å²) in [7, 11) is 2.01. The van der Waals surface area contributed by atoms with E-state index in [9.17, 15) is 4.79 Å². The molecule has 1 amide bonds. The lowest BCUT2D eigenvalue weighted by atomic mass is 10.2. The van der Waals surface area contributed by atoms with Gasteiger partial charge in [-0.15, -0.1) is 0 Å². The molecule has 2 aromatic rings. The van der Waals surface area contributed by atoms with Crippen LogP contribution in [0.15, 0.2) is 47.1 Å². The van der Waals surface area contributed by atoms with Gasteiger partial charge in [0.1, 0.15) is 5.82 Å². The van der Waals surface area contributed by atoms with Crippen LogP contribution in [0.25, 0.3) is 0 Å². The van der Waals surface area contributed by atoms with Crippen LogP contribution in [-0.2, 0) is 0 Å². The second-order valence-corrected chi connectivity index (χ2v) is 6.06. The van der Waals surface area contributed by atoms with E-state index in [1.807, 2.05) is 37.4 Å². The molecule has 22 heavy (non-hydrogen) atoms. The van der Waals surface area contributed by atoms with Crippen molar-refractivity contribution in [1.29, 1.82) is 0 Å². The molecule has 116 valence electrons. The Hall–Kier alpha value is -1.88. The number of aromatic nitrogens is 1. The number of amides is 1. The van der Waals surface area contributed by atoms with Crippen molar-refractivity contribution in [3.63, 3.8) is 0 Å². The van der Waals surface area contributed by atoms with Crippen molar-refractivity contribution < 1.29 is 4.79 Å². The number of anilines is 2. The molecule has 1 heterocycles. The summed E-state index contributed by atoms with van der Waals surface area (Å²) >= 11 is 3.39. The van der Waals surface area contributed by atoms with E-state index in [0.717, 1.165) is 35.4 Å². The average Bonchev–Trinajstić information content (AvgIpc) is 2.52. The van der Waals surface area contributed by atoms with Gasteiger partial charge in [-0.25, -0.2) is 4.98 Å². The minimum absolute atomic E-state index is 0.159. The summed E-state index contributed by atoms with van der Waals surface area (Å²) in [5.74, 6) is 0.723. The maximum atomic E-state index is 12.2. The number of pyridine rings is 1. The first-order valence-corrected chi connectivity index (χ1v) is 8.13. The molecule has 0 spiro atoms. The van der Waals surface area contributed by atoms with E-state index in [-0.39, 0.29) is 5.91 Å². The number of benzene rings is 1. The third-order valence-electron chi connectivity index (χ3n) is 3.33. The molecule has 5 heteroatoms. The lowest BCUT2D eigenvalue weighted by Gasteiger charge is -2.17. The van der Waals surface area contributed by atoms with Gasteiger partial charge >= 0.3 is 0 Å². The number of nitrogens with one attached hydrogen (secondary N) is 1. The monoisotopic (exact) mass is 361 g/mol. The standard InChI is InChI=1S/C17H20BrN3O/c1-3-4-10-21(2)16-9-8-13(12-19-16)17(22)20-15-7-5-6-14(18)11-15/h5-9,11-12H,3-4,10H2,1-2H3,(H,20,22). The highest BCUT2D eigenvalue weighted by Crippen LogP contribution is 2.17. The number of nitrogens with zero attached hydrogens (tertiary/aromatic N) is 2. The topological polar surface area (TPSA) is 45.2 Å². The Bertz CT molecular complexity index is 628. The molecule has 0 aliphatic rings. The molecule has 2 rings (SSSR count). The molecule has 1 aromatic heterocycles. The summed E-state index contributed by atoms with van der Waals surface area (Å²) in [5, 5.41) is 2.86. The summed E-state index contributed by atoms with van der Waals surface area (Å²) in [6.07, 6.45) is 3.89. The van der Waals surface area contributed by atoms with Crippen molar-refractivity contribution in [2.75, 3.05) is 23.8 Å². The number of unbranched alkanes of at least 4 members (excludes halogenated alkanes) is 1. The van der Waals surface area contributed by atoms with Crippen molar-refractivity contribution in [3.05, 3.63) is 52.6 Å². The van der Waals surface area contributed by atoms with Crippen LogP contribution >= 0.6 is 15.9 Å². The molecule has 1 N–H and O–H groups in total. The normalized spacial score (nSPS) is 10.3. The molecule has 0 aliphatic carbocycles. The summed E-state index contributed by atoms with van der Waals surface area (Å²) in [4.78, 5) is 18.7. The van der Waals surface area contributed by atoms with Gasteiger partial charge in [0.15, 0.2) is 0 Å². The van der Waals surface area contributed by atoms with Gasteiger partial charge < -0.3 is 10.2 Å². The van der Waals surface area contributed by atoms with Crippen LogP contribution < -0.4 is 10.2 Å². The minimum atomic E-state index is -0.159. The summed E-state index contributed by atoms with van der Waals surface area (Å²) < 4.78 is 0.927. The van der Waals surface area contributed by atoms with Crippen LogP contribution in [0.5, 0.6) is 0 Å². The van der Waals surface area contributed by atoms with Crippen LogP contribution in [-0.4, -0.2) is 24.5 Å². The van der Waals surface area contributed by atoms with Crippen LogP contribution in [0, 0.1) is 0 Å². The Labute approximate surface area is 139 Å². The molecule has 1 aromatic carbocycles. The van der Waals surface area contributed by atoms with Crippen molar-refractivity contribution in [2.45, 2.75) is 19.8 Å². The Morgan fingerprint density at radius 1 is 1.32 bits per heavy atom. The van der Waals surface area contributed by atoms with Crippen LogP contribution in [0.2, 0.25) is 0 Å².